The van der Waals surface area contributed by atoms with E-state index in [1.54, 1.807) is 6.07 Å². The van der Waals surface area contributed by atoms with Crippen LogP contribution < -0.4 is 10.0 Å². The summed E-state index contributed by atoms with van der Waals surface area (Å²) in [7, 11) is -2.16. The lowest BCUT2D eigenvalue weighted by Gasteiger charge is -2.13. The first kappa shape index (κ1) is 15.8. The van der Waals surface area contributed by atoms with Gasteiger partial charge in [0.05, 0.1) is 6.54 Å². The highest BCUT2D eigenvalue weighted by molar-refractivity contribution is 7.89. The van der Waals surface area contributed by atoms with E-state index < -0.39 is 10.0 Å². The van der Waals surface area contributed by atoms with Crippen LogP contribution in [0.25, 0.3) is 0 Å². The van der Waals surface area contributed by atoms with Crippen LogP contribution in [0.5, 0.6) is 0 Å². The van der Waals surface area contributed by atoms with Crippen molar-refractivity contribution in [3.63, 3.8) is 0 Å². The van der Waals surface area contributed by atoms with Crippen LogP contribution in [0, 0.1) is 6.92 Å². The molecule has 6 heteroatoms. The van der Waals surface area contributed by atoms with Gasteiger partial charge in [-0.05, 0) is 38.6 Å². The van der Waals surface area contributed by atoms with Gasteiger partial charge in [0.15, 0.2) is 0 Å². The molecule has 0 saturated carbocycles. The molecule has 0 aliphatic rings. The molecule has 0 bridgehead atoms. The third-order valence-corrected chi connectivity index (χ3v) is 4.58. The zero-order chi connectivity index (χ0) is 15.5. The minimum Gasteiger partial charge on any atom is -0.447 e. The Kier molecular flexibility index (Phi) is 4.82. The van der Waals surface area contributed by atoms with Crippen LogP contribution >= 0.6 is 0 Å². The molecule has 2 rings (SSSR count). The maximum atomic E-state index is 11.6. The van der Waals surface area contributed by atoms with Gasteiger partial charge in [-0.1, -0.05) is 29.8 Å². The van der Waals surface area contributed by atoms with Crippen molar-refractivity contribution in [3.8, 4) is 0 Å². The Hall–Kier alpha value is -1.63. The fourth-order valence-electron chi connectivity index (χ4n) is 2.01. The highest BCUT2D eigenvalue weighted by Gasteiger charge is 2.16. The van der Waals surface area contributed by atoms with E-state index in [9.17, 15) is 8.42 Å². The smallest absolute Gasteiger partial charge is 0.273 e. The van der Waals surface area contributed by atoms with E-state index in [4.69, 9.17) is 4.42 Å². The molecular weight excluding hydrogens is 288 g/mol. The van der Waals surface area contributed by atoms with E-state index in [1.807, 2.05) is 6.07 Å². The van der Waals surface area contributed by atoms with Crippen molar-refractivity contribution in [2.45, 2.75) is 31.5 Å². The Morgan fingerprint density at radius 2 is 2.00 bits per heavy atom. The standard InChI is InChI=1S/C15H20N2O3S/c1-11-5-4-6-13(9-11)12(2)17-10-14-7-8-15(20-14)21(18,19)16-3/h4-9,12,16-17H,10H2,1-3H3/t12-/m0/s1. The van der Waals surface area contributed by atoms with Crippen LogP contribution in [0.15, 0.2) is 45.9 Å². The SMILES string of the molecule is CNS(=O)(=O)c1ccc(CN[C@@H](C)c2cccc(C)c2)o1. The van der Waals surface area contributed by atoms with Crippen LogP contribution in [-0.4, -0.2) is 15.5 Å². The molecule has 21 heavy (non-hydrogen) atoms. The number of furan rings is 1. The van der Waals surface area contributed by atoms with Gasteiger partial charge in [-0.2, -0.15) is 0 Å². The van der Waals surface area contributed by atoms with Gasteiger partial charge in [0, 0.05) is 6.04 Å². The zero-order valence-corrected chi connectivity index (χ0v) is 13.2. The maximum absolute atomic E-state index is 11.6. The van der Waals surface area contributed by atoms with E-state index in [1.165, 1.54) is 24.2 Å². The molecule has 0 spiro atoms. The summed E-state index contributed by atoms with van der Waals surface area (Å²) in [5, 5.41) is 3.25. The monoisotopic (exact) mass is 308 g/mol. The van der Waals surface area contributed by atoms with Gasteiger partial charge in [0.25, 0.3) is 10.0 Å². The molecule has 0 aliphatic heterocycles. The van der Waals surface area contributed by atoms with E-state index in [0.717, 1.165) is 0 Å². The summed E-state index contributed by atoms with van der Waals surface area (Å²) >= 11 is 0. The summed E-state index contributed by atoms with van der Waals surface area (Å²) < 4.78 is 30.7. The van der Waals surface area contributed by atoms with Crippen molar-refractivity contribution in [1.29, 1.82) is 0 Å². The van der Waals surface area contributed by atoms with Crippen molar-refractivity contribution in [1.82, 2.24) is 10.0 Å². The first-order valence-corrected chi connectivity index (χ1v) is 8.23. The van der Waals surface area contributed by atoms with Crippen LogP contribution in [0.3, 0.4) is 0 Å². The number of nitrogens with one attached hydrogen (secondary N) is 2. The lowest BCUT2D eigenvalue weighted by molar-refractivity contribution is 0.392. The van der Waals surface area contributed by atoms with Gasteiger partial charge in [0.2, 0.25) is 5.09 Å². The Bertz CT molecular complexity index is 707. The number of sulfonamides is 1. The lowest BCUT2D eigenvalue weighted by atomic mass is 10.1. The first-order valence-electron chi connectivity index (χ1n) is 6.74. The number of rotatable bonds is 6. The number of hydrogen-bond donors (Lipinski definition) is 2. The predicted octanol–water partition coefficient (Wildman–Crippen LogP) is 2.35. The second-order valence-corrected chi connectivity index (χ2v) is 6.76. The first-order chi connectivity index (χ1) is 9.92. The highest BCUT2D eigenvalue weighted by atomic mass is 32.2. The summed E-state index contributed by atoms with van der Waals surface area (Å²) in [6.07, 6.45) is 0. The molecule has 0 aliphatic carbocycles. The summed E-state index contributed by atoms with van der Waals surface area (Å²) in [6.45, 7) is 4.58. The number of benzene rings is 1. The summed E-state index contributed by atoms with van der Waals surface area (Å²) in [5.41, 5.74) is 2.39. The third-order valence-electron chi connectivity index (χ3n) is 3.30. The van der Waals surface area contributed by atoms with Crippen molar-refractivity contribution in [2.24, 2.45) is 0 Å². The average molecular weight is 308 g/mol. The summed E-state index contributed by atoms with van der Waals surface area (Å²) in [5.74, 6) is 0.586. The van der Waals surface area contributed by atoms with Gasteiger partial charge in [0.1, 0.15) is 5.76 Å². The molecule has 2 aromatic rings. The molecule has 0 fully saturated rings. The summed E-state index contributed by atoms with van der Waals surface area (Å²) in [4.78, 5) is 0. The fourth-order valence-corrected chi connectivity index (χ4v) is 2.67. The predicted molar refractivity (Wildman–Crippen MR) is 81.4 cm³/mol. The van der Waals surface area contributed by atoms with Crippen molar-refractivity contribution < 1.29 is 12.8 Å². The second kappa shape index (κ2) is 6.43. The molecular formula is C15H20N2O3S. The molecule has 0 radical (unpaired) electrons. The summed E-state index contributed by atoms with van der Waals surface area (Å²) in [6, 6.07) is 11.5. The molecule has 114 valence electrons. The minimum absolute atomic E-state index is 0.0648. The maximum Gasteiger partial charge on any atom is 0.273 e. The molecule has 1 aromatic heterocycles. The molecule has 2 N–H and O–H groups in total. The van der Waals surface area contributed by atoms with E-state index in [0.29, 0.717) is 12.3 Å². The van der Waals surface area contributed by atoms with Gasteiger partial charge >= 0.3 is 0 Å². The van der Waals surface area contributed by atoms with E-state index >= 15 is 0 Å². The number of aryl methyl sites for hydroxylation is 1. The largest absolute Gasteiger partial charge is 0.447 e. The van der Waals surface area contributed by atoms with Gasteiger partial charge in [-0.25, -0.2) is 13.1 Å². The number of hydrogen-bond acceptors (Lipinski definition) is 4. The van der Waals surface area contributed by atoms with E-state index in [-0.39, 0.29) is 11.1 Å². The Balaban J connectivity index is 2.00. The Morgan fingerprint density at radius 3 is 2.67 bits per heavy atom. The molecule has 0 unspecified atom stereocenters. The quantitative estimate of drug-likeness (QED) is 0.859. The lowest BCUT2D eigenvalue weighted by Crippen LogP contribution is -2.18. The fraction of sp³-hybridized carbons (Fsp3) is 0.333. The zero-order valence-electron chi connectivity index (χ0n) is 12.4. The van der Waals surface area contributed by atoms with Crippen LogP contribution in [0.4, 0.5) is 0 Å². The van der Waals surface area contributed by atoms with Gasteiger partial charge < -0.3 is 9.73 Å². The van der Waals surface area contributed by atoms with Gasteiger partial charge in [-0.15, -0.1) is 0 Å². The van der Waals surface area contributed by atoms with Crippen molar-refractivity contribution >= 4 is 10.0 Å². The molecule has 0 saturated heterocycles. The Morgan fingerprint density at radius 1 is 1.24 bits per heavy atom. The molecule has 5 nitrogen and oxygen atoms in total. The highest BCUT2D eigenvalue weighted by Crippen LogP contribution is 2.17. The topological polar surface area (TPSA) is 71.3 Å². The van der Waals surface area contributed by atoms with Gasteiger partial charge in [-0.3, -0.25) is 0 Å². The molecule has 0 amide bonds. The van der Waals surface area contributed by atoms with Crippen molar-refractivity contribution in [2.75, 3.05) is 7.05 Å². The van der Waals surface area contributed by atoms with E-state index in [2.05, 4.69) is 42.1 Å². The molecule has 1 heterocycles. The molecule has 1 atom stereocenters. The molecule has 1 aromatic carbocycles. The third kappa shape index (κ3) is 3.93. The van der Waals surface area contributed by atoms with Crippen LogP contribution in [0.2, 0.25) is 0 Å². The van der Waals surface area contributed by atoms with Crippen LogP contribution in [-0.2, 0) is 16.6 Å². The average Bonchev–Trinajstić information content (AvgIpc) is 2.94. The minimum atomic E-state index is -3.52. The van der Waals surface area contributed by atoms with Crippen molar-refractivity contribution in [3.05, 3.63) is 53.3 Å². The normalized spacial score (nSPS) is 13.3. The van der Waals surface area contributed by atoms with Crippen LogP contribution in [0.1, 0.15) is 29.9 Å². The Labute approximate surface area is 125 Å². The second-order valence-electron chi connectivity index (χ2n) is 4.95.